The lowest BCUT2D eigenvalue weighted by atomic mass is 10.1. The lowest BCUT2D eigenvalue weighted by molar-refractivity contribution is -0.137. The number of carbonyl (C=O) groups excluding carboxylic acids is 4. The van der Waals surface area contributed by atoms with Crippen LogP contribution in [0.25, 0.3) is 0 Å². The van der Waals surface area contributed by atoms with Gasteiger partial charge in [-0.3, -0.25) is 24.1 Å². The summed E-state index contributed by atoms with van der Waals surface area (Å²) in [6.07, 6.45) is 3.49. The Morgan fingerprint density at radius 1 is 0.957 bits per heavy atom. The number of Topliss-reactive ketones (excluding diaryl/α,β-unsaturated/α-hetero) is 1. The number of ketones is 1. The minimum Gasteiger partial charge on any atom is -0.465 e. The predicted molar refractivity (Wildman–Crippen MR) is 78.4 cm³/mol. The molecule has 1 aliphatic heterocycles. The van der Waals surface area contributed by atoms with Crippen LogP contribution in [0.3, 0.4) is 0 Å². The van der Waals surface area contributed by atoms with E-state index in [0.29, 0.717) is 45.7 Å². The monoisotopic (exact) mass is 327 g/mol. The van der Waals surface area contributed by atoms with Crippen LogP contribution in [-0.4, -0.2) is 68.5 Å². The van der Waals surface area contributed by atoms with Crippen LogP contribution in [0.15, 0.2) is 12.2 Å². The Bertz CT molecular complexity index is 429. The first kappa shape index (κ1) is 19.0. The van der Waals surface area contributed by atoms with Gasteiger partial charge in [0.15, 0.2) is 0 Å². The highest BCUT2D eigenvalue weighted by molar-refractivity contribution is 6.13. The molecule has 0 aromatic heterocycles. The van der Waals surface area contributed by atoms with Crippen molar-refractivity contribution in [1.82, 2.24) is 4.90 Å². The van der Waals surface area contributed by atoms with Crippen LogP contribution in [0.5, 0.6) is 0 Å². The number of nitrogens with zero attached hydrogens (tertiary/aromatic N) is 1. The smallest absolute Gasteiger partial charge is 0.293 e. The molecule has 0 spiro atoms. The highest BCUT2D eigenvalue weighted by Gasteiger charge is 2.23. The van der Waals surface area contributed by atoms with Gasteiger partial charge >= 0.3 is 0 Å². The molecular formula is C15H21NO7. The van der Waals surface area contributed by atoms with Gasteiger partial charge in [-0.25, -0.2) is 0 Å². The number of ether oxygens (including phenoxy) is 3. The second-order valence-corrected chi connectivity index (χ2v) is 4.75. The van der Waals surface area contributed by atoms with Crippen molar-refractivity contribution in [2.24, 2.45) is 0 Å². The number of imide groups is 1. The van der Waals surface area contributed by atoms with Crippen LogP contribution in [0.4, 0.5) is 0 Å². The summed E-state index contributed by atoms with van der Waals surface area (Å²) in [5.74, 6) is -0.752. The maximum Gasteiger partial charge on any atom is 0.293 e. The molecule has 23 heavy (non-hydrogen) atoms. The quantitative estimate of drug-likeness (QED) is 0.249. The Morgan fingerprint density at radius 3 is 2.22 bits per heavy atom. The fourth-order valence-electron chi connectivity index (χ4n) is 1.86. The molecule has 0 aromatic rings. The predicted octanol–water partition coefficient (Wildman–Crippen LogP) is -0.143. The van der Waals surface area contributed by atoms with Gasteiger partial charge in [0.05, 0.1) is 19.8 Å². The first-order valence-corrected chi connectivity index (χ1v) is 7.41. The molecule has 2 amide bonds. The molecule has 0 N–H and O–H groups in total. The first-order valence-electron chi connectivity index (χ1n) is 7.41. The van der Waals surface area contributed by atoms with Crippen molar-refractivity contribution in [3.05, 3.63) is 12.2 Å². The van der Waals surface area contributed by atoms with Crippen molar-refractivity contribution in [2.75, 3.05) is 39.6 Å². The Hall–Kier alpha value is -2.06. The molecule has 8 nitrogen and oxygen atoms in total. The molecular weight excluding hydrogens is 306 g/mol. The highest BCUT2D eigenvalue weighted by atomic mass is 16.6. The first-order chi connectivity index (χ1) is 11.1. The summed E-state index contributed by atoms with van der Waals surface area (Å²) in [7, 11) is 0. The average Bonchev–Trinajstić information content (AvgIpc) is 2.86. The van der Waals surface area contributed by atoms with Crippen molar-refractivity contribution >= 4 is 24.1 Å². The number of rotatable bonds is 14. The summed E-state index contributed by atoms with van der Waals surface area (Å²) in [6.45, 7) is 2.26. The Kier molecular flexibility index (Phi) is 9.49. The van der Waals surface area contributed by atoms with E-state index >= 15 is 0 Å². The Labute approximate surface area is 134 Å². The van der Waals surface area contributed by atoms with Crippen molar-refractivity contribution in [3.63, 3.8) is 0 Å². The van der Waals surface area contributed by atoms with Gasteiger partial charge in [-0.15, -0.1) is 0 Å². The largest absolute Gasteiger partial charge is 0.465 e. The number of amides is 2. The van der Waals surface area contributed by atoms with Crippen molar-refractivity contribution in [1.29, 1.82) is 0 Å². The number of hydrogen-bond donors (Lipinski definition) is 0. The molecule has 1 rings (SSSR count). The summed E-state index contributed by atoms with van der Waals surface area (Å²) < 4.78 is 14.9. The van der Waals surface area contributed by atoms with Crippen LogP contribution < -0.4 is 0 Å². The molecule has 0 aromatic carbocycles. The number of hydrogen-bond acceptors (Lipinski definition) is 7. The fraction of sp³-hybridized carbons (Fsp3) is 0.600. The summed E-state index contributed by atoms with van der Waals surface area (Å²) >= 11 is 0. The summed E-state index contributed by atoms with van der Waals surface area (Å²) in [5.41, 5.74) is 0. The fourth-order valence-corrected chi connectivity index (χ4v) is 1.86. The van der Waals surface area contributed by atoms with E-state index in [1.807, 2.05) is 0 Å². The van der Waals surface area contributed by atoms with E-state index in [-0.39, 0.29) is 37.2 Å². The second-order valence-electron chi connectivity index (χ2n) is 4.75. The van der Waals surface area contributed by atoms with E-state index in [4.69, 9.17) is 9.47 Å². The average molecular weight is 327 g/mol. The summed E-state index contributed by atoms with van der Waals surface area (Å²) in [6, 6.07) is 0. The Balaban J connectivity index is 1.91. The zero-order chi connectivity index (χ0) is 16.9. The number of carbonyl (C=O) groups is 4. The molecule has 8 heteroatoms. The van der Waals surface area contributed by atoms with Gasteiger partial charge in [0.25, 0.3) is 18.3 Å². The standard InChI is InChI=1S/C15H21NO7/c17-12-23-11-10-22-9-8-21-7-1-2-13(18)5-6-16-14(19)3-4-15(16)20/h3-4,12H,1-2,5-11H2. The van der Waals surface area contributed by atoms with Crippen LogP contribution in [-0.2, 0) is 33.4 Å². The van der Waals surface area contributed by atoms with E-state index < -0.39 is 0 Å². The summed E-state index contributed by atoms with van der Waals surface area (Å²) in [5, 5.41) is 0. The topological polar surface area (TPSA) is 99.2 Å². The molecule has 0 atom stereocenters. The molecule has 128 valence electrons. The van der Waals surface area contributed by atoms with Gasteiger partial charge in [-0.2, -0.15) is 0 Å². The maximum atomic E-state index is 11.7. The molecule has 0 bridgehead atoms. The molecule has 0 saturated carbocycles. The molecule has 1 aliphatic rings. The summed E-state index contributed by atoms with van der Waals surface area (Å²) in [4.78, 5) is 45.1. The van der Waals surface area contributed by atoms with Crippen LogP contribution in [0.1, 0.15) is 19.3 Å². The second kappa shape index (κ2) is 11.5. The van der Waals surface area contributed by atoms with Crippen molar-refractivity contribution < 1.29 is 33.4 Å². The van der Waals surface area contributed by atoms with Gasteiger partial charge in [0.2, 0.25) is 0 Å². The minimum absolute atomic E-state index is 0.0108. The maximum absolute atomic E-state index is 11.7. The van der Waals surface area contributed by atoms with Gasteiger partial charge in [-0.1, -0.05) is 0 Å². The molecule has 1 heterocycles. The molecule has 0 aliphatic carbocycles. The normalized spacial score (nSPS) is 13.7. The minimum atomic E-state index is -0.371. The molecule has 0 radical (unpaired) electrons. The highest BCUT2D eigenvalue weighted by Crippen LogP contribution is 2.06. The Morgan fingerprint density at radius 2 is 1.57 bits per heavy atom. The van der Waals surface area contributed by atoms with Crippen LogP contribution in [0.2, 0.25) is 0 Å². The van der Waals surface area contributed by atoms with Crippen LogP contribution in [0, 0.1) is 0 Å². The third-order valence-electron chi connectivity index (χ3n) is 3.04. The van der Waals surface area contributed by atoms with Gasteiger partial charge in [-0.05, 0) is 6.42 Å². The van der Waals surface area contributed by atoms with E-state index in [1.165, 1.54) is 12.2 Å². The third-order valence-corrected chi connectivity index (χ3v) is 3.04. The van der Waals surface area contributed by atoms with E-state index in [9.17, 15) is 19.2 Å². The van der Waals surface area contributed by atoms with Crippen molar-refractivity contribution in [2.45, 2.75) is 19.3 Å². The van der Waals surface area contributed by atoms with E-state index in [2.05, 4.69) is 4.74 Å². The SMILES string of the molecule is O=COCCOCCOCCCC(=O)CCN1C(=O)C=CC1=O. The van der Waals surface area contributed by atoms with Crippen molar-refractivity contribution in [3.8, 4) is 0 Å². The van der Waals surface area contributed by atoms with Gasteiger partial charge < -0.3 is 14.2 Å². The lowest BCUT2D eigenvalue weighted by Gasteiger charge is -2.12. The third kappa shape index (κ3) is 8.22. The molecule has 0 unspecified atom stereocenters. The molecule has 0 saturated heterocycles. The van der Waals surface area contributed by atoms with Gasteiger partial charge in [0.1, 0.15) is 12.4 Å². The van der Waals surface area contributed by atoms with Crippen LogP contribution >= 0.6 is 0 Å². The van der Waals surface area contributed by atoms with E-state index in [1.54, 1.807) is 0 Å². The van der Waals surface area contributed by atoms with Gasteiger partial charge in [0, 0.05) is 38.1 Å². The van der Waals surface area contributed by atoms with E-state index in [0.717, 1.165) is 4.90 Å². The zero-order valence-corrected chi connectivity index (χ0v) is 12.9. The lowest BCUT2D eigenvalue weighted by Crippen LogP contribution is -2.32. The molecule has 0 fully saturated rings. The zero-order valence-electron chi connectivity index (χ0n) is 12.9.